The zero-order valence-corrected chi connectivity index (χ0v) is 13.0. The summed E-state index contributed by atoms with van der Waals surface area (Å²) in [5.74, 6) is 0.478. The third kappa shape index (κ3) is 3.27. The Bertz CT molecular complexity index is 619. The van der Waals surface area contributed by atoms with Crippen molar-refractivity contribution in [2.45, 2.75) is 13.8 Å². The highest BCUT2D eigenvalue weighted by molar-refractivity contribution is 9.10. The van der Waals surface area contributed by atoms with Gasteiger partial charge in [-0.05, 0) is 43.2 Å². The first-order chi connectivity index (χ1) is 8.97. The normalized spacial score (nSPS) is 10.3. The molecule has 2 rings (SSSR count). The van der Waals surface area contributed by atoms with Crippen molar-refractivity contribution in [2.24, 2.45) is 5.73 Å². The molecule has 19 heavy (non-hydrogen) atoms. The van der Waals surface area contributed by atoms with Crippen LogP contribution in [0.4, 0.5) is 11.6 Å². The number of nitrogens with two attached hydrogens (primary N) is 1. The molecule has 0 spiro atoms. The summed E-state index contributed by atoms with van der Waals surface area (Å²) in [4.78, 5) is 8.66. The molecule has 1 aromatic heterocycles. The van der Waals surface area contributed by atoms with E-state index in [2.05, 4.69) is 31.2 Å². The third-order valence-corrected chi connectivity index (χ3v) is 4.06. The van der Waals surface area contributed by atoms with Gasteiger partial charge in [-0.25, -0.2) is 9.97 Å². The Morgan fingerprint density at radius 3 is 2.53 bits per heavy atom. The molecular weight excluding hydrogens is 324 g/mol. The molecule has 0 saturated heterocycles. The number of benzene rings is 1. The maximum absolute atomic E-state index is 5.55. The van der Waals surface area contributed by atoms with Gasteiger partial charge in [0.05, 0.1) is 0 Å². The molecule has 98 valence electrons. The molecule has 0 unspecified atom stereocenters. The van der Waals surface area contributed by atoms with Crippen molar-refractivity contribution in [3.05, 3.63) is 45.7 Å². The second-order valence-electron chi connectivity index (χ2n) is 4.18. The number of hydrogen-bond acceptors (Lipinski definition) is 4. The highest BCUT2D eigenvalue weighted by atomic mass is 79.9. The molecule has 0 fully saturated rings. The minimum absolute atomic E-state index is 0.258. The molecule has 0 radical (unpaired) electrons. The van der Waals surface area contributed by atoms with Crippen LogP contribution in [0.3, 0.4) is 0 Å². The zero-order valence-electron chi connectivity index (χ0n) is 10.6. The Hall–Kier alpha value is -1.53. The molecule has 0 saturated carbocycles. The number of hydrogen-bond donors (Lipinski definition) is 2. The van der Waals surface area contributed by atoms with E-state index in [4.69, 9.17) is 18.0 Å². The highest BCUT2D eigenvalue weighted by Crippen LogP contribution is 2.26. The molecule has 6 heteroatoms. The number of nitrogens with one attached hydrogen (secondary N) is 1. The van der Waals surface area contributed by atoms with Gasteiger partial charge in [0.2, 0.25) is 5.95 Å². The first-order valence-electron chi connectivity index (χ1n) is 5.64. The van der Waals surface area contributed by atoms with E-state index in [1.807, 2.05) is 26.0 Å². The van der Waals surface area contributed by atoms with Crippen molar-refractivity contribution in [1.82, 2.24) is 9.97 Å². The average molecular weight is 337 g/mol. The van der Waals surface area contributed by atoms with E-state index >= 15 is 0 Å². The van der Waals surface area contributed by atoms with Gasteiger partial charge in [-0.3, -0.25) is 0 Å². The van der Waals surface area contributed by atoms with Gasteiger partial charge >= 0.3 is 0 Å². The monoisotopic (exact) mass is 336 g/mol. The van der Waals surface area contributed by atoms with Gasteiger partial charge in [0.15, 0.2) is 0 Å². The molecular formula is C13H13BrN4S. The Morgan fingerprint density at radius 2 is 1.95 bits per heavy atom. The minimum atomic E-state index is 0.258. The fourth-order valence-electron chi connectivity index (χ4n) is 1.70. The van der Waals surface area contributed by atoms with Crippen LogP contribution in [0.15, 0.2) is 28.9 Å². The van der Waals surface area contributed by atoms with Gasteiger partial charge in [0.1, 0.15) is 10.7 Å². The topological polar surface area (TPSA) is 63.8 Å². The number of rotatable bonds is 3. The van der Waals surface area contributed by atoms with Crippen LogP contribution in [0, 0.1) is 13.8 Å². The minimum Gasteiger partial charge on any atom is -0.388 e. The van der Waals surface area contributed by atoms with Crippen molar-refractivity contribution in [2.75, 3.05) is 5.32 Å². The quantitative estimate of drug-likeness (QED) is 0.842. The van der Waals surface area contributed by atoms with Gasteiger partial charge in [-0.1, -0.05) is 28.1 Å². The molecule has 0 aliphatic heterocycles. The van der Waals surface area contributed by atoms with Crippen molar-refractivity contribution in [3.63, 3.8) is 0 Å². The van der Waals surface area contributed by atoms with E-state index in [-0.39, 0.29) is 4.99 Å². The van der Waals surface area contributed by atoms with E-state index in [1.165, 1.54) is 0 Å². The summed E-state index contributed by atoms with van der Waals surface area (Å²) >= 11 is 8.44. The summed E-state index contributed by atoms with van der Waals surface area (Å²) in [5, 5.41) is 3.15. The summed E-state index contributed by atoms with van der Waals surface area (Å²) in [6.45, 7) is 4.07. The van der Waals surface area contributed by atoms with Crippen LogP contribution in [0.1, 0.15) is 16.8 Å². The van der Waals surface area contributed by atoms with Crippen LogP contribution >= 0.6 is 28.1 Å². The largest absolute Gasteiger partial charge is 0.388 e. The molecule has 2 aromatic rings. The molecule has 0 aliphatic rings. The predicted molar refractivity (Wildman–Crippen MR) is 84.8 cm³/mol. The fourth-order valence-corrected chi connectivity index (χ4v) is 2.05. The van der Waals surface area contributed by atoms with E-state index in [0.717, 1.165) is 21.3 Å². The predicted octanol–water partition coefficient (Wildman–Crippen LogP) is 3.23. The standard InChI is InChI=1S/C13H13BrN4S/c1-7-5-9(6-8(2)11(7)14)17-13-16-4-3-10(18-13)12(15)19/h3-6H,1-2H3,(H2,15,19)(H,16,17,18). The summed E-state index contributed by atoms with van der Waals surface area (Å²) in [5.41, 5.74) is 9.33. The Morgan fingerprint density at radius 1 is 1.32 bits per heavy atom. The maximum Gasteiger partial charge on any atom is 0.227 e. The maximum atomic E-state index is 5.55. The van der Waals surface area contributed by atoms with Crippen LogP contribution in [-0.4, -0.2) is 15.0 Å². The summed E-state index contributed by atoms with van der Waals surface area (Å²) in [6, 6.07) is 5.73. The number of halogens is 1. The van der Waals surface area contributed by atoms with Crippen LogP contribution in [0.2, 0.25) is 0 Å². The molecule has 1 heterocycles. The van der Waals surface area contributed by atoms with Gasteiger partial charge < -0.3 is 11.1 Å². The van der Waals surface area contributed by atoms with Gasteiger partial charge in [-0.15, -0.1) is 0 Å². The first kappa shape index (κ1) is 13.9. The summed E-state index contributed by atoms with van der Waals surface area (Å²) < 4.78 is 1.11. The lowest BCUT2D eigenvalue weighted by Gasteiger charge is -2.10. The van der Waals surface area contributed by atoms with E-state index in [9.17, 15) is 0 Å². The lowest BCUT2D eigenvalue weighted by atomic mass is 10.1. The van der Waals surface area contributed by atoms with Crippen molar-refractivity contribution >= 4 is 44.8 Å². The van der Waals surface area contributed by atoms with E-state index in [0.29, 0.717) is 11.6 Å². The highest BCUT2D eigenvalue weighted by Gasteiger charge is 2.05. The number of nitrogens with zero attached hydrogens (tertiary/aromatic N) is 2. The van der Waals surface area contributed by atoms with Crippen LogP contribution in [0.25, 0.3) is 0 Å². The molecule has 1 aromatic carbocycles. The molecule has 3 N–H and O–H groups in total. The van der Waals surface area contributed by atoms with Crippen LogP contribution in [0.5, 0.6) is 0 Å². The number of aryl methyl sites for hydroxylation is 2. The Balaban J connectivity index is 2.31. The number of aromatic nitrogens is 2. The Kier molecular flexibility index (Phi) is 4.11. The van der Waals surface area contributed by atoms with Crippen molar-refractivity contribution in [3.8, 4) is 0 Å². The molecule has 0 amide bonds. The van der Waals surface area contributed by atoms with Gasteiger partial charge in [0, 0.05) is 16.4 Å². The fraction of sp³-hybridized carbons (Fsp3) is 0.154. The Labute approximate surface area is 125 Å². The van der Waals surface area contributed by atoms with Gasteiger partial charge in [0.25, 0.3) is 0 Å². The first-order valence-corrected chi connectivity index (χ1v) is 6.84. The lowest BCUT2D eigenvalue weighted by molar-refractivity contribution is 1.15. The van der Waals surface area contributed by atoms with Crippen molar-refractivity contribution < 1.29 is 0 Å². The second kappa shape index (κ2) is 5.63. The lowest BCUT2D eigenvalue weighted by Crippen LogP contribution is -2.12. The smallest absolute Gasteiger partial charge is 0.227 e. The second-order valence-corrected chi connectivity index (χ2v) is 5.41. The van der Waals surface area contributed by atoms with Gasteiger partial charge in [-0.2, -0.15) is 0 Å². The van der Waals surface area contributed by atoms with Crippen molar-refractivity contribution in [1.29, 1.82) is 0 Å². The number of thiocarbonyl (C=S) groups is 1. The summed E-state index contributed by atoms with van der Waals surface area (Å²) in [7, 11) is 0. The molecule has 0 bridgehead atoms. The van der Waals surface area contributed by atoms with E-state index < -0.39 is 0 Å². The van der Waals surface area contributed by atoms with Crippen LogP contribution in [-0.2, 0) is 0 Å². The molecule has 0 atom stereocenters. The zero-order chi connectivity index (χ0) is 14.0. The van der Waals surface area contributed by atoms with Crippen LogP contribution < -0.4 is 11.1 Å². The summed E-state index contributed by atoms with van der Waals surface area (Å²) in [6.07, 6.45) is 1.63. The average Bonchev–Trinajstić information content (AvgIpc) is 2.36. The van der Waals surface area contributed by atoms with E-state index in [1.54, 1.807) is 12.3 Å². The third-order valence-electron chi connectivity index (χ3n) is 2.60. The SMILES string of the molecule is Cc1cc(Nc2nccc(C(N)=S)n2)cc(C)c1Br. The molecule has 4 nitrogen and oxygen atoms in total. The molecule has 0 aliphatic carbocycles. The number of anilines is 2.